The van der Waals surface area contributed by atoms with E-state index in [9.17, 15) is 4.79 Å². The first-order valence-electron chi connectivity index (χ1n) is 7.22. The monoisotopic (exact) mass is 256 g/mol. The number of carbonyl (C=O) groups is 1. The van der Waals surface area contributed by atoms with Crippen LogP contribution in [0, 0.1) is 0 Å². The minimum atomic E-state index is 0.0103. The Balaban J connectivity index is 2.65. The summed E-state index contributed by atoms with van der Waals surface area (Å²) in [6.45, 7) is 7.01. The highest BCUT2D eigenvalue weighted by Gasteiger charge is 2.39. The first-order valence-corrected chi connectivity index (χ1v) is 7.22. The summed E-state index contributed by atoms with van der Waals surface area (Å²) in [7, 11) is 1.70. The second-order valence-electron chi connectivity index (χ2n) is 5.18. The van der Waals surface area contributed by atoms with Gasteiger partial charge < -0.3 is 9.64 Å². The van der Waals surface area contributed by atoms with Gasteiger partial charge in [-0.25, -0.2) is 0 Å². The van der Waals surface area contributed by atoms with Crippen molar-refractivity contribution in [2.24, 2.45) is 0 Å². The van der Waals surface area contributed by atoms with Crippen LogP contribution < -0.4 is 5.32 Å². The largest absolute Gasteiger partial charge is 0.383 e. The van der Waals surface area contributed by atoms with E-state index in [-0.39, 0.29) is 24.2 Å². The third kappa shape index (κ3) is 3.69. The number of nitrogens with one attached hydrogen (secondary N) is 1. The Morgan fingerprint density at radius 2 is 2.11 bits per heavy atom. The number of hydrogen-bond donors (Lipinski definition) is 1. The molecule has 1 rings (SSSR count). The van der Waals surface area contributed by atoms with Gasteiger partial charge in [0.05, 0.1) is 24.9 Å². The summed E-state index contributed by atoms with van der Waals surface area (Å²) in [6, 6.07) is 0.220. The normalized spacial score (nSPS) is 25.8. The van der Waals surface area contributed by atoms with Crippen LogP contribution in [0.25, 0.3) is 0 Å². The van der Waals surface area contributed by atoms with Gasteiger partial charge in [0.1, 0.15) is 0 Å². The zero-order valence-corrected chi connectivity index (χ0v) is 12.2. The van der Waals surface area contributed by atoms with Gasteiger partial charge in [0, 0.05) is 7.11 Å². The number of hydrogen-bond acceptors (Lipinski definition) is 3. The maximum absolute atomic E-state index is 12.4. The Hall–Kier alpha value is -0.610. The van der Waals surface area contributed by atoms with Crippen molar-refractivity contribution in [1.82, 2.24) is 10.2 Å². The van der Waals surface area contributed by atoms with Crippen molar-refractivity contribution in [2.75, 3.05) is 13.7 Å². The standard InChI is InChI=1S/C14H28N2O2/c1-5-7-9-13-14(17)16(11(3)15-13)12(8-6-2)10-18-4/h11-13,15H,5-10H2,1-4H3. The van der Waals surface area contributed by atoms with Crippen LogP contribution in [0.5, 0.6) is 0 Å². The average Bonchev–Trinajstić information content (AvgIpc) is 2.62. The third-order valence-electron chi connectivity index (χ3n) is 3.63. The lowest BCUT2D eigenvalue weighted by atomic mass is 10.1. The highest BCUT2D eigenvalue weighted by Crippen LogP contribution is 2.20. The Morgan fingerprint density at radius 3 is 2.67 bits per heavy atom. The van der Waals surface area contributed by atoms with E-state index >= 15 is 0 Å². The van der Waals surface area contributed by atoms with Crippen LogP contribution in [0.1, 0.15) is 52.9 Å². The molecule has 1 N–H and O–H groups in total. The van der Waals surface area contributed by atoms with Crippen molar-refractivity contribution >= 4 is 5.91 Å². The third-order valence-corrected chi connectivity index (χ3v) is 3.63. The van der Waals surface area contributed by atoms with Crippen molar-refractivity contribution in [3.8, 4) is 0 Å². The molecule has 0 aromatic carbocycles. The second kappa shape index (κ2) is 7.74. The molecule has 0 aliphatic carbocycles. The van der Waals surface area contributed by atoms with Crippen LogP contribution in [0.4, 0.5) is 0 Å². The molecule has 0 bridgehead atoms. The lowest BCUT2D eigenvalue weighted by Crippen LogP contribution is -2.45. The number of nitrogens with zero attached hydrogens (tertiary/aromatic N) is 1. The highest BCUT2D eigenvalue weighted by molar-refractivity contribution is 5.84. The fraction of sp³-hybridized carbons (Fsp3) is 0.929. The molecular formula is C14H28N2O2. The molecule has 0 spiro atoms. The van der Waals surface area contributed by atoms with Crippen LogP contribution in [0.3, 0.4) is 0 Å². The molecule has 106 valence electrons. The van der Waals surface area contributed by atoms with Gasteiger partial charge in [0.15, 0.2) is 0 Å². The fourth-order valence-electron chi connectivity index (χ4n) is 2.75. The Labute approximate surface area is 111 Å². The van der Waals surface area contributed by atoms with Crippen molar-refractivity contribution < 1.29 is 9.53 Å². The molecule has 1 fully saturated rings. The smallest absolute Gasteiger partial charge is 0.241 e. The molecule has 0 aromatic rings. The second-order valence-corrected chi connectivity index (χ2v) is 5.18. The quantitative estimate of drug-likeness (QED) is 0.723. The number of amides is 1. The van der Waals surface area contributed by atoms with Gasteiger partial charge in [-0.1, -0.05) is 33.1 Å². The molecule has 4 nitrogen and oxygen atoms in total. The zero-order valence-electron chi connectivity index (χ0n) is 12.2. The Bertz CT molecular complexity index is 252. The van der Waals surface area contributed by atoms with Crippen molar-refractivity contribution in [1.29, 1.82) is 0 Å². The van der Waals surface area contributed by atoms with E-state index in [1.165, 1.54) is 0 Å². The maximum atomic E-state index is 12.4. The Kier molecular flexibility index (Phi) is 6.65. The number of methoxy groups -OCH3 is 1. The van der Waals surface area contributed by atoms with E-state index in [1.54, 1.807) is 7.11 Å². The minimum Gasteiger partial charge on any atom is -0.383 e. The van der Waals surface area contributed by atoms with Crippen molar-refractivity contribution in [3.63, 3.8) is 0 Å². The van der Waals surface area contributed by atoms with Crippen LogP contribution >= 0.6 is 0 Å². The summed E-state index contributed by atoms with van der Waals surface area (Å²) in [4.78, 5) is 14.4. The maximum Gasteiger partial charge on any atom is 0.241 e. The van der Waals surface area contributed by atoms with Gasteiger partial charge in [0.25, 0.3) is 0 Å². The topological polar surface area (TPSA) is 41.6 Å². The van der Waals surface area contributed by atoms with Gasteiger partial charge >= 0.3 is 0 Å². The molecule has 1 aliphatic rings. The molecule has 18 heavy (non-hydrogen) atoms. The molecule has 4 heteroatoms. The molecular weight excluding hydrogens is 228 g/mol. The predicted octanol–water partition coefficient (Wildman–Crippen LogP) is 2.14. The summed E-state index contributed by atoms with van der Waals surface area (Å²) in [6.07, 6.45) is 5.40. The van der Waals surface area contributed by atoms with E-state index in [0.717, 1.165) is 32.1 Å². The SMILES string of the molecule is CCCCC1NC(C)N(C(CCC)COC)C1=O. The van der Waals surface area contributed by atoms with E-state index in [4.69, 9.17) is 4.74 Å². The van der Waals surface area contributed by atoms with E-state index in [1.807, 2.05) is 4.90 Å². The molecule has 1 heterocycles. The minimum absolute atomic E-state index is 0.0103. The number of unbranched alkanes of at least 4 members (excludes halogenated alkanes) is 1. The van der Waals surface area contributed by atoms with Gasteiger partial charge in [-0.05, 0) is 19.8 Å². The van der Waals surface area contributed by atoms with Crippen LogP contribution in [0.2, 0.25) is 0 Å². The van der Waals surface area contributed by atoms with Crippen LogP contribution in [0.15, 0.2) is 0 Å². The van der Waals surface area contributed by atoms with Crippen LogP contribution in [-0.2, 0) is 9.53 Å². The first-order chi connectivity index (χ1) is 8.65. The fourth-order valence-corrected chi connectivity index (χ4v) is 2.75. The molecule has 1 aliphatic heterocycles. The van der Waals surface area contributed by atoms with Gasteiger partial charge in [-0.3, -0.25) is 10.1 Å². The van der Waals surface area contributed by atoms with Crippen molar-refractivity contribution in [2.45, 2.75) is 71.1 Å². The summed E-state index contributed by atoms with van der Waals surface area (Å²) in [5, 5.41) is 3.41. The molecule has 0 radical (unpaired) electrons. The average molecular weight is 256 g/mol. The summed E-state index contributed by atoms with van der Waals surface area (Å²) in [5.41, 5.74) is 0. The summed E-state index contributed by atoms with van der Waals surface area (Å²) in [5.74, 6) is 0.256. The molecule has 1 saturated heterocycles. The molecule has 0 saturated carbocycles. The Morgan fingerprint density at radius 1 is 1.39 bits per heavy atom. The van der Waals surface area contributed by atoms with Gasteiger partial charge in [-0.2, -0.15) is 0 Å². The van der Waals surface area contributed by atoms with Gasteiger partial charge in [-0.15, -0.1) is 0 Å². The number of ether oxygens (including phenoxy) is 1. The molecule has 3 atom stereocenters. The van der Waals surface area contributed by atoms with Gasteiger partial charge in [0.2, 0.25) is 5.91 Å². The van der Waals surface area contributed by atoms with Crippen LogP contribution in [-0.4, -0.2) is 42.8 Å². The van der Waals surface area contributed by atoms with E-state index in [2.05, 4.69) is 26.1 Å². The molecule has 0 aromatic heterocycles. The lowest BCUT2D eigenvalue weighted by molar-refractivity contribution is -0.133. The molecule has 3 unspecified atom stereocenters. The lowest BCUT2D eigenvalue weighted by Gasteiger charge is -2.30. The number of rotatable bonds is 8. The molecule has 1 amide bonds. The van der Waals surface area contributed by atoms with E-state index < -0.39 is 0 Å². The summed E-state index contributed by atoms with van der Waals surface area (Å²) >= 11 is 0. The highest BCUT2D eigenvalue weighted by atomic mass is 16.5. The summed E-state index contributed by atoms with van der Waals surface area (Å²) < 4.78 is 5.26. The zero-order chi connectivity index (χ0) is 13.5. The van der Waals surface area contributed by atoms with Crippen molar-refractivity contribution in [3.05, 3.63) is 0 Å². The first kappa shape index (κ1) is 15.4. The predicted molar refractivity (Wildman–Crippen MR) is 73.3 cm³/mol. The number of carbonyl (C=O) groups excluding carboxylic acids is 1. The van der Waals surface area contributed by atoms with E-state index in [0.29, 0.717) is 6.61 Å².